The molecule has 230 valence electrons. The number of aromatic nitrogens is 1. The SMILES string of the molecule is C=C(C)\C=C/C=C(C)/C(/N=C(C)/C=C\C=C/C)=C(/C)c1ccc(=C)/c(=C\C(=C/C)C2=C3C=C(CCCCCCC3)N=CC2)n1. The third-order valence-electron chi connectivity index (χ3n) is 7.89. The van der Waals surface area contributed by atoms with Crippen LogP contribution in [-0.2, 0) is 0 Å². The van der Waals surface area contributed by atoms with Crippen LogP contribution in [0.1, 0.15) is 98.6 Å². The molecule has 0 saturated heterocycles. The van der Waals surface area contributed by atoms with Gasteiger partial charge in [-0.2, -0.15) is 0 Å². The normalized spacial score (nSPS) is 18.7. The van der Waals surface area contributed by atoms with Crippen molar-refractivity contribution in [3.8, 4) is 0 Å². The summed E-state index contributed by atoms with van der Waals surface area (Å²) in [6.07, 6.45) is 32.4. The Morgan fingerprint density at radius 2 is 1.66 bits per heavy atom. The first-order chi connectivity index (χ1) is 21.2. The Balaban J connectivity index is 2.16. The number of pyridine rings is 1. The van der Waals surface area contributed by atoms with Crippen molar-refractivity contribution in [1.82, 2.24) is 4.98 Å². The molecular formula is C41H51N3. The lowest BCUT2D eigenvalue weighted by atomic mass is 9.91. The van der Waals surface area contributed by atoms with Crippen LogP contribution < -0.4 is 10.6 Å². The summed E-state index contributed by atoms with van der Waals surface area (Å²) in [4.78, 5) is 15.1. The quantitative estimate of drug-likeness (QED) is 0.210. The molecule has 3 nitrogen and oxygen atoms in total. The zero-order chi connectivity index (χ0) is 31.9. The molecule has 1 aromatic rings. The summed E-state index contributed by atoms with van der Waals surface area (Å²) in [5.41, 5.74) is 11.0. The van der Waals surface area contributed by atoms with Crippen LogP contribution in [0.2, 0.25) is 0 Å². The zero-order valence-corrected chi connectivity index (χ0v) is 27.9. The first-order valence-corrected chi connectivity index (χ1v) is 16.1. The molecule has 0 unspecified atom stereocenters. The Bertz CT molecular complexity index is 1620. The fourth-order valence-electron chi connectivity index (χ4n) is 5.40. The molecule has 1 aliphatic heterocycles. The van der Waals surface area contributed by atoms with Gasteiger partial charge < -0.3 is 0 Å². The summed E-state index contributed by atoms with van der Waals surface area (Å²) in [5, 5.41) is 1.79. The predicted octanol–water partition coefficient (Wildman–Crippen LogP) is 10.0. The zero-order valence-electron chi connectivity index (χ0n) is 27.9. The molecule has 0 atom stereocenters. The van der Waals surface area contributed by atoms with Crippen molar-refractivity contribution in [2.24, 2.45) is 9.98 Å². The largest absolute Gasteiger partial charge is 0.265 e. The van der Waals surface area contributed by atoms with Gasteiger partial charge in [-0.05, 0) is 119 Å². The lowest BCUT2D eigenvalue weighted by Crippen LogP contribution is -2.28. The monoisotopic (exact) mass is 585 g/mol. The lowest BCUT2D eigenvalue weighted by molar-refractivity contribution is 0.605. The Morgan fingerprint density at radius 3 is 2.39 bits per heavy atom. The summed E-state index contributed by atoms with van der Waals surface area (Å²) in [6, 6.07) is 4.12. The number of nitrogens with zero attached hydrogens (tertiary/aromatic N) is 3. The van der Waals surface area contributed by atoms with Crippen LogP contribution in [-0.4, -0.2) is 16.9 Å². The second-order valence-corrected chi connectivity index (χ2v) is 11.7. The molecular weight excluding hydrogens is 534 g/mol. The molecule has 1 aromatic heterocycles. The van der Waals surface area contributed by atoms with Crippen LogP contribution in [0.4, 0.5) is 0 Å². The molecule has 0 aromatic carbocycles. The van der Waals surface area contributed by atoms with Gasteiger partial charge in [0.05, 0.1) is 16.7 Å². The first kappa shape index (κ1) is 34.4. The van der Waals surface area contributed by atoms with E-state index < -0.39 is 0 Å². The van der Waals surface area contributed by atoms with Crippen molar-refractivity contribution in [2.75, 3.05) is 0 Å². The van der Waals surface area contributed by atoms with Crippen LogP contribution >= 0.6 is 0 Å². The average molecular weight is 586 g/mol. The topological polar surface area (TPSA) is 37.6 Å². The highest BCUT2D eigenvalue weighted by Gasteiger charge is 2.14. The van der Waals surface area contributed by atoms with E-state index in [0.717, 1.165) is 63.7 Å². The van der Waals surface area contributed by atoms with Gasteiger partial charge in [0.2, 0.25) is 0 Å². The van der Waals surface area contributed by atoms with E-state index >= 15 is 0 Å². The summed E-state index contributed by atoms with van der Waals surface area (Å²) in [7, 11) is 0. The van der Waals surface area contributed by atoms with Gasteiger partial charge in [0, 0.05) is 29.6 Å². The minimum absolute atomic E-state index is 0.831. The molecule has 0 amide bonds. The number of allylic oxidation sites excluding steroid dienone is 16. The van der Waals surface area contributed by atoms with E-state index in [-0.39, 0.29) is 0 Å². The highest BCUT2D eigenvalue weighted by molar-refractivity contribution is 5.94. The molecule has 1 aliphatic carbocycles. The van der Waals surface area contributed by atoms with E-state index in [4.69, 9.17) is 15.0 Å². The molecule has 0 N–H and O–H groups in total. The van der Waals surface area contributed by atoms with Crippen LogP contribution in [0.25, 0.3) is 18.2 Å². The summed E-state index contributed by atoms with van der Waals surface area (Å²) >= 11 is 0. The van der Waals surface area contributed by atoms with Gasteiger partial charge in [0.1, 0.15) is 0 Å². The second-order valence-electron chi connectivity index (χ2n) is 11.7. The number of hydrogen-bond donors (Lipinski definition) is 0. The molecule has 3 heteroatoms. The minimum Gasteiger partial charge on any atom is -0.265 e. The van der Waals surface area contributed by atoms with Crippen LogP contribution in [0.5, 0.6) is 0 Å². The number of fused-ring (bicyclic) bond motifs is 1. The molecule has 3 rings (SSSR count). The summed E-state index contributed by atoms with van der Waals surface area (Å²) < 4.78 is 0. The fourth-order valence-corrected chi connectivity index (χ4v) is 5.40. The van der Waals surface area contributed by atoms with Crippen molar-refractivity contribution in [2.45, 2.75) is 92.9 Å². The Labute approximate surface area is 266 Å². The lowest BCUT2D eigenvalue weighted by Gasteiger charge is -2.14. The Hall–Kier alpha value is -4.11. The molecule has 44 heavy (non-hydrogen) atoms. The Kier molecular flexibility index (Phi) is 14.0. The predicted molar refractivity (Wildman–Crippen MR) is 195 cm³/mol. The maximum Gasteiger partial charge on any atom is 0.0712 e. The van der Waals surface area contributed by atoms with Gasteiger partial charge in [-0.1, -0.05) is 86.6 Å². The maximum absolute atomic E-state index is 5.17. The molecule has 0 saturated carbocycles. The van der Waals surface area contributed by atoms with Crippen molar-refractivity contribution in [3.05, 3.63) is 129 Å². The molecule has 0 spiro atoms. The van der Waals surface area contributed by atoms with E-state index in [1.165, 1.54) is 54.5 Å². The van der Waals surface area contributed by atoms with Crippen molar-refractivity contribution >= 4 is 30.2 Å². The van der Waals surface area contributed by atoms with E-state index in [2.05, 4.69) is 76.6 Å². The molecule has 2 aliphatic rings. The fraction of sp³-hybridized carbons (Fsp3) is 0.341. The highest BCUT2D eigenvalue weighted by Crippen LogP contribution is 2.30. The molecule has 2 heterocycles. The van der Waals surface area contributed by atoms with Crippen LogP contribution in [0, 0.1) is 0 Å². The highest BCUT2D eigenvalue weighted by atomic mass is 14.8. The Morgan fingerprint density at radius 1 is 0.909 bits per heavy atom. The minimum atomic E-state index is 0.831. The van der Waals surface area contributed by atoms with Crippen LogP contribution in [0.3, 0.4) is 0 Å². The van der Waals surface area contributed by atoms with Crippen molar-refractivity contribution < 1.29 is 0 Å². The summed E-state index contributed by atoms with van der Waals surface area (Å²) in [6.45, 7) is 20.7. The number of rotatable bonds is 9. The third kappa shape index (κ3) is 10.6. The molecule has 2 bridgehead atoms. The van der Waals surface area contributed by atoms with E-state index in [1.807, 2.05) is 57.2 Å². The number of aliphatic imine (C=N–C) groups is 2. The van der Waals surface area contributed by atoms with Crippen LogP contribution in [0.15, 0.2) is 123 Å². The first-order valence-electron chi connectivity index (χ1n) is 16.1. The van der Waals surface area contributed by atoms with E-state index in [0.29, 0.717) is 0 Å². The van der Waals surface area contributed by atoms with Gasteiger partial charge in [-0.15, -0.1) is 0 Å². The molecule has 0 radical (unpaired) electrons. The van der Waals surface area contributed by atoms with Crippen molar-refractivity contribution in [3.63, 3.8) is 0 Å². The van der Waals surface area contributed by atoms with Gasteiger partial charge in [0.25, 0.3) is 0 Å². The smallest absolute Gasteiger partial charge is 0.0712 e. The second kappa shape index (κ2) is 17.9. The van der Waals surface area contributed by atoms with E-state index in [9.17, 15) is 0 Å². The summed E-state index contributed by atoms with van der Waals surface area (Å²) in [5.74, 6) is 0. The van der Waals surface area contributed by atoms with Gasteiger partial charge in [-0.25, -0.2) is 4.98 Å². The van der Waals surface area contributed by atoms with Gasteiger partial charge in [0.15, 0.2) is 0 Å². The van der Waals surface area contributed by atoms with E-state index in [1.54, 1.807) is 0 Å². The van der Waals surface area contributed by atoms with Crippen molar-refractivity contribution in [1.29, 1.82) is 0 Å². The number of hydrogen-bond acceptors (Lipinski definition) is 3. The standard InChI is InChI=1S/C41H51N3/c1-9-11-15-21-33(7)43-41(32(6)20-18-19-30(3)4)34(8)39-25-24-31(5)40(44-39)29-35(10-2)38-26-27-42-37-23-17-14-12-13-16-22-36(38)28-37/h9-11,15,18-21,24-25,27-29H,3,5,12-14,16-17,22-23,26H2,1-2,4,6-8H3/b11-9-,19-18-,21-15-,32-20+,35-10+,40-29+,41-34+,43-33+. The average Bonchev–Trinajstić information content (AvgIpc) is 3.19. The van der Waals surface area contributed by atoms with Gasteiger partial charge in [-0.3, -0.25) is 9.98 Å². The molecule has 0 fully saturated rings. The van der Waals surface area contributed by atoms with Gasteiger partial charge >= 0.3 is 0 Å². The maximum atomic E-state index is 5.17. The third-order valence-corrected chi connectivity index (χ3v) is 7.89.